The fourth-order valence-electron chi connectivity index (χ4n) is 3.75. The van der Waals surface area contributed by atoms with Crippen molar-refractivity contribution in [2.45, 2.75) is 19.3 Å². The number of hydrogen-bond acceptors (Lipinski definition) is 6. The normalized spacial score (nSPS) is 21.1. The van der Waals surface area contributed by atoms with E-state index >= 15 is 0 Å². The lowest BCUT2D eigenvalue weighted by Crippen LogP contribution is -2.47. The molecule has 23 heavy (non-hydrogen) atoms. The zero-order chi connectivity index (χ0) is 15.5. The van der Waals surface area contributed by atoms with Crippen LogP contribution < -0.4 is 10.2 Å². The van der Waals surface area contributed by atoms with E-state index in [4.69, 9.17) is 0 Å². The van der Waals surface area contributed by atoms with E-state index in [1.54, 1.807) is 17.7 Å². The molecule has 0 aromatic carbocycles. The topological polar surface area (TPSA) is 44.3 Å². The summed E-state index contributed by atoms with van der Waals surface area (Å²) in [6.45, 7) is 8.14. The Morgan fingerprint density at radius 2 is 1.96 bits per heavy atom. The highest BCUT2D eigenvalue weighted by Crippen LogP contribution is 2.27. The fraction of sp³-hybridized carbons (Fsp3) is 0.647. The molecule has 4 rings (SSSR count). The van der Waals surface area contributed by atoms with Crippen molar-refractivity contribution in [3.8, 4) is 0 Å². The summed E-state index contributed by atoms with van der Waals surface area (Å²) in [5.41, 5.74) is 0. The zero-order valence-electron chi connectivity index (χ0n) is 13.6. The molecule has 0 saturated carbocycles. The van der Waals surface area contributed by atoms with Crippen LogP contribution >= 0.6 is 11.3 Å². The molecule has 0 bridgehead atoms. The average Bonchev–Trinajstić information content (AvgIpc) is 3.10. The van der Waals surface area contributed by atoms with Gasteiger partial charge in [0.05, 0.1) is 5.39 Å². The van der Waals surface area contributed by atoms with Crippen LogP contribution in [-0.2, 0) is 0 Å². The second-order valence-electron chi connectivity index (χ2n) is 6.65. The maximum atomic E-state index is 4.54. The molecule has 0 aliphatic carbocycles. The van der Waals surface area contributed by atoms with Crippen LogP contribution in [0.3, 0.4) is 0 Å². The summed E-state index contributed by atoms with van der Waals surface area (Å²) in [6.07, 6.45) is 5.79. The number of piperazine rings is 1. The van der Waals surface area contributed by atoms with Gasteiger partial charge >= 0.3 is 0 Å². The lowest BCUT2D eigenvalue weighted by atomic mass is 9.94. The first-order chi connectivity index (χ1) is 11.4. The SMILES string of the molecule is c1nc(N2CCN(CCC3CCNCC3)CC2)c2ccsc2n1. The van der Waals surface area contributed by atoms with Gasteiger partial charge < -0.3 is 10.2 Å². The van der Waals surface area contributed by atoms with Crippen molar-refractivity contribution in [2.24, 2.45) is 5.92 Å². The second-order valence-corrected chi connectivity index (χ2v) is 7.54. The maximum Gasteiger partial charge on any atom is 0.140 e. The number of fused-ring (bicyclic) bond motifs is 1. The highest BCUT2D eigenvalue weighted by molar-refractivity contribution is 7.16. The summed E-state index contributed by atoms with van der Waals surface area (Å²) < 4.78 is 0. The monoisotopic (exact) mass is 331 g/mol. The second kappa shape index (κ2) is 7.11. The Hall–Kier alpha value is -1.24. The Kier molecular flexibility index (Phi) is 4.73. The van der Waals surface area contributed by atoms with Crippen molar-refractivity contribution in [1.29, 1.82) is 0 Å². The molecule has 0 unspecified atom stereocenters. The molecule has 2 fully saturated rings. The van der Waals surface area contributed by atoms with Gasteiger partial charge in [-0.05, 0) is 56.3 Å². The van der Waals surface area contributed by atoms with Crippen molar-refractivity contribution >= 4 is 27.4 Å². The van der Waals surface area contributed by atoms with Crippen LogP contribution in [-0.4, -0.2) is 60.7 Å². The standard InChI is InChI=1S/C17H25N5S/c1-5-18-6-2-14(1)3-7-21-8-10-22(11-9-21)16-15-4-12-23-17(15)20-13-19-16/h4,12-14,18H,1-3,5-11H2. The summed E-state index contributed by atoms with van der Waals surface area (Å²) in [6, 6.07) is 2.15. The molecule has 0 amide bonds. The Balaban J connectivity index is 1.31. The fourth-order valence-corrected chi connectivity index (χ4v) is 4.48. The molecule has 1 N–H and O–H groups in total. The zero-order valence-corrected chi connectivity index (χ0v) is 14.4. The van der Waals surface area contributed by atoms with Crippen LogP contribution in [0.4, 0.5) is 5.82 Å². The molecule has 2 aliphatic rings. The van der Waals surface area contributed by atoms with Crippen LogP contribution in [0.5, 0.6) is 0 Å². The molecule has 4 heterocycles. The lowest BCUT2D eigenvalue weighted by Gasteiger charge is -2.36. The molecular weight excluding hydrogens is 306 g/mol. The van der Waals surface area contributed by atoms with E-state index in [0.717, 1.165) is 42.7 Å². The lowest BCUT2D eigenvalue weighted by molar-refractivity contribution is 0.224. The van der Waals surface area contributed by atoms with Crippen molar-refractivity contribution < 1.29 is 0 Å². The largest absolute Gasteiger partial charge is 0.353 e. The van der Waals surface area contributed by atoms with Gasteiger partial charge in [0, 0.05) is 26.2 Å². The number of anilines is 1. The van der Waals surface area contributed by atoms with E-state index < -0.39 is 0 Å². The third-order valence-corrected chi connectivity index (χ3v) is 6.05. The van der Waals surface area contributed by atoms with Crippen molar-refractivity contribution in [1.82, 2.24) is 20.2 Å². The first kappa shape index (κ1) is 15.3. The van der Waals surface area contributed by atoms with Crippen molar-refractivity contribution in [3.05, 3.63) is 17.8 Å². The minimum absolute atomic E-state index is 0.932. The number of hydrogen-bond donors (Lipinski definition) is 1. The number of rotatable bonds is 4. The predicted octanol–water partition coefficient (Wildman–Crippen LogP) is 2.20. The molecule has 0 radical (unpaired) electrons. The van der Waals surface area contributed by atoms with Gasteiger partial charge in [0.1, 0.15) is 17.0 Å². The summed E-state index contributed by atoms with van der Waals surface area (Å²) in [5, 5.41) is 6.78. The number of aromatic nitrogens is 2. The van der Waals surface area contributed by atoms with Gasteiger partial charge in [-0.25, -0.2) is 9.97 Å². The molecule has 0 atom stereocenters. The van der Waals surface area contributed by atoms with Crippen LogP contribution in [0.25, 0.3) is 10.2 Å². The van der Waals surface area contributed by atoms with Crippen LogP contribution in [0.15, 0.2) is 17.8 Å². The number of piperidine rings is 1. The Morgan fingerprint density at radius 1 is 1.13 bits per heavy atom. The van der Waals surface area contributed by atoms with E-state index in [1.165, 1.54) is 44.3 Å². The summed E-state index contributed by atoms with van der Waals surface area (Å²) in [4.78, 5) is 15.1. The first-order valence-corrected chi connectivity index (χ1v) is 9.64. The molecule has 2 aliphatic heterocycles. The first-order valence-electron chi connectivity index (χ1n) is 8.76. The van der Waals surface area contributed by atoms with Crippen LogP contribution in [0, 0.1) is 5.92 Å². The van der Waals surface area contributed by atoms with Gasteiger partial charge in [-0.2, -0.15) is 0 Å². The van der Waals surface area contributed by atoms with E-state index in [0.29, 0.717) is 0 Å². The van der Waals surface area contributed by atoms with Gasteiger partial charge in [-0.1, -0.05) is 0 Å². The smallest absolute Gasteiger partial charge is 0.140 e. The number of nitrogens with one attached hydrogen (secondary N) is 1. The summed E-state index contributed by atoms with van der Waals surface area (Å²) in [7, 11) is 0. The molecule has 6 heteroatoms. The Morgan fingerprint density at radius 3 is 2.78 bits per heavy atom. The van der Waals surface area contributed by atoms with Gasteiger partial charge in [-0.15, -0.1) is 11.3 Å². The highest BCUT2D eigenvalue weighted by Gasteiger charge is 2.21. The molecule has 124 valence electrons. The highest BCUT2D eigenvalue weighted by atomic mass is 32.1. The van der Waals surface area contributed by atoms with Gasteiger partial charge in [0.15, 0.2) is 0 Å². The maximum absolute atomic E-state index is 4.54. The average molecular weight is 331 g/mol. The van der Waals surface area contributed by atoms with Crippen molar-refractivity contribution in [2.75, 3.05) is 50.7 Å². The third-order valence-electron chi connectivity index (χ3n) is 5.22. The summed E-state index contributed by atoms with van der Waals surface area (Å²) in [5.74, 6) is 2.05. The Bertz CT molecular complexity index is 629. The molecular formula is C17H25N5S. The number of nitrogens with zero attached hydrogens (tertiary/aromatic N) is 4. The summed E-state index contributed by atoms with van der Waals surface area (Å²) >= 11 is 1.70. The molecule has 0 spiro atoms. The van der Waals surface area contributed by atoms with E-state index in [1.807, 2.05) is 0 Å². The van der Waals surface area contributed by atoms with Crippen molar-refractivity contribution in [3.63, 3.8) is 0 Å². The molecule has 2 saturated heterocycles. The van der Waals surface area contributed by atoms with Crippen LogP contribution in [0.2, 0.25) is 0 Å². The van der Waals surface area contributed by atoms with Crippen LogP contribution in [0.1, 0.15) is 19.3 Å². The molecule has 2 aromatic heterocycles. The predicted molar refractivity (Wildman–Crippen MR) is 96.3 cm³/mol. The van der Waals surface area contributed by atoms with E-state index in [9.17, 15) is 0 Å². The quantitative estimate of drug-likeness (QED) is 0.930. The van der Waals surface area contributed by atoms with E-state index in [2.05, 4.69) is 36.5 Å². The number of thiophene rings is 1. The molecule has 2 aromatic rings. The minimum atomic E-state index is 0.932. The van der Waals surface area contributed by atoms with Gasteiger partial charge in [0.2, 0.25) is 0 Å². The Labute approximate surface area is 141 Å². The van der Waals surface area contributed by atoms with Gasteiger partial charge in [0.25, 0.3) is 0 Å². The third kappa shape index (κ3) is 3.49. The molecule has 5 nitrogen and oxygen atoms in total. The van der Waals surface area contributed by atoms with E-state index in [-0.39, 0.29) is 0 Å². The minimum Gasteiger partial charge on any atom is -0.353 e. The van der Waals surface area contributed by atoms with Gasteiger partial charge in [-0.3, -0.25) is 4.90 Å².